The third kappa shape index (κ3) is 46.3. The van der Waals surface area contributed by atoms with Gasteiger partial charge in [0.05, 0.1) is 39.9 Å². The van der Waals surface area contributed by atoms with E-state index in [0.717, 1.165) is 51.4 Å². The van der Waals surface area contributed by atoms with Crippen molar-refractivity contribution in [3.05, 3.63) is 48.6 Å². The molecule has 1 amide bonds. The Kier molecular flexibility index (Phi) is 42.6. The van der Waals surface area contributed by atoms with Crippen LogP contribution in [0.1, 0.15) is 226 Å². The third-order valence-electron chi connectivity index (χ3n) is 11.3. The van der Waals surface area contributed by atoms with Crippen LogP contribution in [0.5, 0.6) is 0 Å². The van der Waals surface area contributed by atoms with E-state index in [1.54, 1.807) is 6.08 Å². The van der Waals surface area contributed by atoms with E-state index in [9.17, 15) is 19.4 Å². The van der Waals surface area contributed by atoms with Gasteiger partial charge in [0.25, 0.3) is 0 Å². The zero-order valence-corrected chi connectivity index (χ0v) is 41.5. The number of hydrogen-bond donors (Lipinski definition) is 3. The lowest BCUT2D eigenvalue weighted by molar-refractivity contribution is -0.870. The van der Waals surface area contributed by atoms with Gasteiger partial charge < -0.3 is 19.8 Å². The summed E-state index contributed by atoms with van der Waals surface area (Å²) in [6.07, 6.45) is 56.2. The van der Waals surface area contributed by atoms with Gasteiger partial charge in [-0.3, -0.25) is 13.8 Å². The number of phosphoric ester groups is 1. The van der Waals surface area contributed by atoms with Crippen molar-refractivity contribution in [1.29, 1.82) is 0 Å². The molecule has 0 spiro atoms. The predicted octanol–water partition coefficient (Wildman–Crippen LogP) is 14.8. The van der Waals surface area contributed by atoms with Crippen molar-refractivity contribution in [3.63, 3.8) is 0 Å². The molecule has 3 unspecified atom stereocenters. The summed E-state index contributed by atoms with van der Waals surface area (Å²) < 4.78 is 23.6. The van der Waals surface area contributed by atoms with Gasteiger partial charge in [-0.25, -0.2) is 4.57 Å². The quantitative estimate of drug-likeness (QED) is 0.0243. The van der Waals surface area contributed by atoms with Gasteiger partial charge in [-0.05, 0) is 64.2 Å². The molecule has 0 aliphatic rings. The van der Waals surface area contributed by atoms with E-state index in [1.165, 1.54) is 154 Å². The van der Waals surface area contributed by atoms with Crippen LogP contribution in [0.15, 0.2) is 48.6 Å². The van der Waals surface area contributed by atoms with Crippen LogP contribution in [0, 0.1) is 0 Å². The van der Waals surface area contributed by atoms with Gasteiger partial charge in [0.2, 0.25) is 5.91 Å². The first kappa shape index (κ1) is 59.5. The lowest BCUT2D eigenvalue weighted by Gasteiger charge is -2.25. The van der Waals surface area contributed by atoms with Crippen molar-refractivity contribution in [1.82, 2.24) is 5.32 Å². The smallest absolute Gasteiger partial charge is 0.387 e. The van der Waals surface area contributed by atoms with Gasteiger partial charge in [-0.1, -0.05) is 204 Å². The Morgan fingerprint density at radius 2 is 0.951 bits per heavy atom. The van der Waals surface area contributed by atoms with Crippen molar-refractivity contribution in [2.75, 3.05) is 40.9 Å². The summed E-state index contributed by atoms with van der Waals surface area (Å²) in [5, 5.41) is 13.9. The van der Waals surface area contributed by atoms with E-state index in [1.807, 2.05) is 27.2 Å². The molecule has 0 radical (unpaired) electrons. The second-order valence-corrected chi connectivity index (χ2v) is 20.0. The summed E-state index contributed by atoms with van der Waals surface area (Å²) in [6, 6.07) is -0.868. The van der Waals surface area contributed by atoms with Crippen LogP contribution in [0.2, 0.25) is 0 Å². The number of likely N-dealkylation sites (N-methyl/N-ethyl adjacent to an activating group) is 1. The molecule has 3 N–H and O–H groups in total. The number of unbranched alkanes of at least 4 members (excludes halogenated alkanes) is 27. The fourth-order valence-corrected chi connectivity index (χ4v) is 7.94. The summed E-state index contributed by atoms with van der Waals surface area (Å²) in [6.45, 7) is 4.77. The number of allylic oxidation sites excluding steroid dienone is 7. The van der Waals surface area contributed by atoms with Gasteiger partial charge in [-0.2, -0.15) is 0 Å². The van der Waals surface area contributed by atoms with Crippen molar-refractivity contribution >= 4 is 13.7 Å². The van der Waals surface area contributed by atoms with Crippen molar-refractivity contribution < 1.29 is 32.9 Å². The maximum absolute atomic E-state index is 12.9. The molecule has 9 heteroatoms. The zero-order valence-electron chi connectivity index (χ0n) is 40.7. The molecule has 3 atom stereocenters. The highest BCUT2D eigenvalue weighted by molar-refractivity contribution is 7.47. The van der Waals surface area contributed by atoms with E-state index >= 15 is 0 Å². The molecule has 0 aliphatic carbocycles. The van der Waals surface area contributed by atoms with Crippen molar-refractivity contribution in [2.24, 2.45) is 0 Å². The van der Waals surface area contributed by atoms with Gasteiger partial charge in [-0.15, -0.1) is 0 Å². The molecule has 0 aliphatic heterocycles. The average molecular weight is 880 g/mol. The largest absolute Gasteiger partial charge is 0.472 e. The first-order valence-electron chi connectivity index (χ1n) is 25.5. The van der Waals surface area contributed by atoms with Crippen LogP contribution >= 0.6 is 7.82 Å². The predicted molar refractivity (Wildman–Crippen MR) is 263 cm³/mol. The Bertz CT molecular complexity index is 1130. The number of nitrogens with one attached hydrogen (secondary N) is 1. The molecule has 0 saturated carbocycles. The molecule has 0 fully saturated rings. The summed E-state index contributed by atoms with van der Waals surface area (Å²) in [5.41, 5.74) is 0. The number of aliphatic hydroxyl groups is 1. The number of nitrogens with zero attached hydrogens (tertiary/aromatic N) is 1. The van der Waals surface area contributed by atoms with E-state index in [4.69, 9.17) is 9.05 Å². The molecule has 0 saturated heterocycles. The van der Waals surface area contributed by atoms with Crippen LogP contribution in [-0.2, 0) is 18.4 Å². The monoisotopic (exact) mass is 880 g/mol. The van der Waals surface area contributed by atoms with Crippen LogP contribution in [0.4, 0.5) is 0 Å². The van der Waals surface area contributed by atoms with Crippen molar-refractivity contribution in [3.8, 4) is 0 Å². The maximum Gasteiger partial charge on any atom is 0.472 e. The minimum Gasteiger partial charge on any atom is -0.387 e. The minimum atomic E-state index is -4.35. The summed E-state index contributed by atoms with van der Waals surface area (Å²) in [4.78, 5) is 23.2. The fraction of sp³-hybridized carbons (Fsp3) is 0.827. The second kappa shape index (κ2) is 43.7. The molecular formula is C52H100N2O6P+. The van der Waals surface area contributed by atoms with E-state index in [0.29, 0.717) is 17.4 Å². The average Bonchev–Trinajstić information content (AvgIpc) is 3.21. The van der Waals surface area contributed by atoms with Crippen molar-refractivity contribution in [2.45, 2.75) is 238 Å². The topological polar surface area (TPSA) is 105 Å². The molecule has 0 aromatic carbocycles. The molecule has 8 nitrogen and oxygen atoms in total. The Morgan fingerprint density at radius 3 is 1.44 bits per heavy atom. The molecule has 61 heavy (non-hydrogen) atoms. The minimum absolute atomic E-state index is 0.0535. The number of aliphatic hydroxyl groups excluding tert-OH is 1. The third-order valence-corrected chi connectivity index (χ3v) is 12.3. The number of amides is 1. The SMILES string of the molecule is CCCCC/C=C\C/C=C\CCCCCCCCCC(=O)NC(COP(=O)(O)OCC[N+](C)(C)C)C(O)/C=C/CC/C=C/CCCCCCCCCCCCCCCCCC. The van der Waals surface area contributed by atoms with E-state index in [2.05, 4.69) is 55.6 Å². The van der Waals surface area contributed by atoms with Gasteiger partial charge >= 0.3 is 7.82 Å². The molecule has 0 rings (SSSR count). The van der Waals surface area contributed by atoms with Crippen LogP contribution in [0.25, 0.3) is 0 Å². The fourth-order valence-electron chi connectivity index (χ4n) is 7.21. The first-order chi connectivity index (χ1) is 29.5. The van der Waals surface area contributed by atoms with Crippen LogP contribution in [0.3, 0.4) is 0 Å². The summed E-state index contributed by atoms with van der Waals surface area (Å²) in [5.74, 6) is -0.195. The lowest BCUT2D eigenvalue weighted by atomic mass is 10.0. The lowest BCUT2D eigenvalue weighted by Crippen LogP contribution is -2.45. The molecular weight excluding hydrogens is 780 g/mol. The highest BCUT2D eigenvalue weighted by atomic mass is 31.2. The van der Waals surface area contributed by atoms with E-state index < -0.39 is 20.0 Å². The standard InChI is InChI=1S/C52H99N2O6P/c1-6-8-10-12-14-16-18-20-22-24-25-26-27-28-30-31-33-35-37-39-41-43-45-51(55)50(49-60-61(57,58)59-48-47-54(3,4)5)53-52(56)46-44-42-40-38-36-34-32-29-23-21-19-17-15-13-11-9-7-2/h15,17,21,23,35,37,43,45,50-51,55H,6-14,16,18-20,22,24-34,36,38-42,44,46-49H2,1-5H3,(H-,53,56,57,58)/p+1/b17-15-,23-21-,37-35+,45-43+. The molecule has 0 aromatic rings. The normalized spacial score (nSPS) is 14.5. The number of rotatable bonds is 46. The van der Waals surface area contributed by atoms with Crippen LogP contribution < -0.4 is 5.32 Å². The molecule has 0 aromatic heterocycles. The Balaban J connectivity index is 4.37. The number of hydrogen-bond acceptors (Lipinski definition) is 5. The summed E-state index contributed by atoms with van der Waals surface area (Å²) >= 11 is 0. The molecule has 358 valence electrons. The highest BCUT2D eigenvalue weighted by Gasteiger charge is 2.27. The van der Waals surface area contributed by atoms with Gasteiger partial charge in [0, 0.05) is 6.42 Å². The number of carbonyl (C=O) groups excluding carboxylic acids is 1. The molecule has 0 bridgehead atoms. The van der Waals surface area contributed by atoms with E-state index in [-0.39, 0.29) is 19.1 Å². The first-order valence-corrected chi connectivity index (χ1v) is 27.0. The zero-order chi connectivity index (χ0) is 45.0. The Morgan fingerprint density at radius 1 is 0.557 bits per heavy atom. The number of carbonyl (C=O) groups is 1. The second-order valence-electron chi connectivity index (χ2n) is 18.5. The highest BCUT2D eigenvalue weighted by Crippen LogP contribution is 2.43. The summed E-state index contributed by atoms with van der Waals surface area (Å²) in [7, 11) is 1.55. The Labute approximate surface area is 378 Å². The molecule has 0 heterocycles. The number of quaternary nitrogens is 1. The van der Waals surface area contributed by atoms with Crippen LogP contribution in [-0.4, -0.2) is 73.4 Å². The number of phosphoric acid groups is 1. The Hall–Kier alpha value is -1.54. The maximum atomic E-state index is 12.9. The van der Waals surface area contributed by atoms with Gasteiger partial charge in [0.1, 0.15) is 13.2 Å². The van der Waals surface area contributed by atoms with Gasteiger partial charge in [0.15, 0.2) is 0 Å².